The Morgan fingerprint density at radius 1 is 0.889 bits per heavy atom. The Bertz CT molecular complexity index is 499. The summed E-state index contributed by atoms with van der Waals surface area (Å²) in [5.74, 6) is 1.42. The van der Waals surface area contributed by atoms with Crippen molar-refractivity contribution in [1.29, 1.82) is 0 Å². The van der Waals surface area contributed by atoms with Crippen LogP contribution in [0.15, 0.2) is 48.5 Å². The van der Waals surface area contributed by atoms with Crippen molar-refractivity contribution in [2.24, 2.45) is 5.73 Å². The fourth-order valence-electron chi connectivity index (χ4n) is 1.76. The van der Waals surface area contributed by atoms with Gasteiger partial charge in [0.1, 0.15) is 5.82 Å². The van der Waals surface area contributed by atoms with Gasteiger partial charge in [-0.3, -0.25) is 0 Å². The molecule has 0 saturated carbocycles. The molecule has 0 atom stereocenters. The van der Waals surface area contributed by atoms with Gasteiger partial charge in [-0.25, -0.2) is 4.39 Å². The summed E-state index contributed by atoms with van der Waals surface area (Å²) in [5.41, 5.74) is 8.08. The first-order valence-corrected chi connectivity index (χ1v) is 7.04. The minimum absolute atomic E-state index is 0.152. The number of thioether (sulfide) groups is 1. The maximum absolute atomic E-state index is 13.9. The SMILES string of the molecule is NCc1cccc(CSCc2ccccc2)c1F. The molecule has 1 nitrogen and oxygen atoms in total. The van der Waals surface area contributed by atoms with Crippen LogP contribution in [-0.2, 0) is 18.1 Å². The third-order valence-corrected chi connectivity index (χ3v) is 3.80. The summed E-state index contributed by atoms with van der Waals surface area (Å²) in [7, 11) is 0. The molecule has 0 heterocycles. The van der Waals surface area contributed by atoms with Crippen molar-refractivity contribution in [2.75, 3.05) is 0 Å². The van der Waals surface area contributed by atoms with Gasteiger partial charge in [0.05, 0.1) is 0 Å². The van der Waals surface area contributed by atoms with Crippen LogP contribution in [0.3, 0.4) is 0 Å². The average Bonchev–Trinajstić information content (AvgIpc) is 2.42. The van der Waals surface area contributed by atoms with Crippen molar-refractivity contribution in [2.45, 2.75) is 18.1 Å². The minimum Gasteiger partial charge on any atom is -0.326 e. The lowest BCUT2D eigenvalue weighted by molar-refractivity contribution is 0.600. The van der Waals surface area contributed by atoms with Crippen LogP contribution in [-0.4, -0.2) is 0 Å². The average molecular weight is 261 g/mol. The quantitative estimate of drug-likeness (QED) is 0.887. The zero-order valence-electron chi connectivity index (χ0n) is 10.1. The molecule has 94 valence electrons. The zero-order valence-corrected chi connectivity index (χ0v) is 10.9. The molecule has 0 amide bonds. The van der Waals surface area contributed by atoms with E-state index >= 15 is 0 Å². The van der Waals surface area contributed by atoms with Gasteiger partial charge < -0.3 is 5.73 Å². The van der Waals surface area contributed by atoms with Crippen LogP contribution in [0.25, 0.3) is 0 Å². The van der Waals surface area contributed by atoms with Crippen molar-refractivity contribution >= 4 is 11.8 Å². The maximum Gasteiger partial charge on any atom is 0.131 e. The van der Waals surface area contributed by atoms with Crippen LogP contribution in [0.1, 0.15) is 16.7 Å². The molecule has 2 aromatic carbocycles. The van der Waals surface area contributed by atoms with Crippen LogP contribution in [0.4, 0.5) is 4.39 Å². The largest absolute Gasteiger partial charge is 0.326 e. The van der Waals surface area contributed by atoms with E-state index < -0.39 is 0 Å². The number of rotatable bonds is 5. The highest BCUT2D eigenvalue weighted by Crippen LogP contribution is 2.21. The summed E-state index contributed by atoms with van der Waals surface area (Å²) in [6.45, 7) is 0.253. The number of halogens is 1. The van der Waals surface area contributed by atoms with Gasteiger partial charge in [-0.15, -0.1) is 0 Å². The van der Waals surface area contributed by atoms with Gasteiger partial charge in [-0.1, -0.05) is 48.5 Å². The normalized spacial score (nSPS) is 10.6. The topological polar surface area (TPSA) is 26.0 Å². The Morgan fingerprint density at radius 3 is 2.33 bits per heavy atom. The predicted molar refractivity (Wildman–Crippen MR) is 75.7 cm³/mol. The predicted octanol–water partition coefficient (Wildman–Crippen LogP) is 3.72. The van der Waals surface area contributed by atoms with E-state index in [2.05, 4.69) is 12.1 Å². The van der Waals surface area contributed by atoms with Crippen LogP contribution < -0.4 is 5.73 Å². The number of nitrogens with two attached hydrogens (primary N) is 1. The van der Waals surface area contributed by atoms with Gasteiger partial charge in [-0.2, -0.15) is 11.8 Å². The van der Waals surface area contributed by atoms with Crippen molar-refractivity contribution in [3.8, 4) is 0 Å². The fraction of sp³-hybridized carbons (Fsp3) is 0.200. The summed E-state index contributed by atoms with van der Waals surface area (Å²) in [6, 6.07) is 15.6. The summed E-state index contributed by atoms with van der Waals surface area (Å²) in [4.78, 5) is 0. The van der Waals surface area contributed by atoms with Crippen molar-refractivity contribution in [1.82, 2.24) is 0 Å². The highest BCUT2D eigenvalue weighted by Gasteiger charge is 2.06. The molecule has 0 spiro atoms. The van der Waals surface area contributed by atoms with Crippen LogP contribution in [0.2, 0.25) is 0 Å². The van der Waals surface area contributed by atoms with Gasteiger partial charge in [-0.05, 0) is 11.1 Å². The second kappa shape index (κ2) is 6.57. The molecule has 2 rings (SSSR count). The molecule has 0 aromatic heterocycles. The zero-order chi connectivity index (χ0) is 12.8. The molecule has 2 N–H and O–H groups in total. The first-order chi connectivity index (χ1) is 8.81. The highest BCUT2D eigenvalue weighted by molar-refractivity contribution is 7.97. The lowest BCUT2D eigenvalue weighted by Gasteiger charge is -2.07. The first kappa shape index (κ1) is 13.1. The van der Waals surface area contributed by atoms with E-state index in [-0.39, 0.29) is 12.4 Å². The second-order valence-electron chi connectivity index (χ2n) is 4.07. The molecule has 0 aliphatic heterocycles. The summed E-state index contributed by atoms with van der Waals surface area (Å²) >= 11 is 1.71. The Hall–Kier alpha value is -1.32. The van der Waals surface area contributed by atoms with Gasteiger partial charge >= 0.3 is 0 Å². The lowest BCUT2D eigenvalue weighted by atomic mass is 10.1. The van der Waals surface area contributed by atoms with Crippen LogP contribution >= 0.6 is 11.8 Å². The summed E-state index contributed by atoms with van der Waals surface area (Å²) < 4.78 is 13.9. The molecule has 0 aliphatic carbocycles. The Labute approximate surface area is 111 Å². The molecule has 2 aromatic rings. The molecule has 18 heavy (non-hydrogen) atoms. The molecule has 3 heteroatoms. The maximum atomic E-state index is 13.9. The van der Waals surface area contributed by atoms with E-state index in [0.29, 0.717) is 11.3 Å². The molecule has 0 bridgehead atoms. The van der Waals surface area contributed by atoms with E-state index in [1.165, 1.54) is 5.56 Å². The van der Waals surface area contributed by atoms with Gasteiger partial charge in [0.2, 0.25) is 0 Å². The molecular weight excluding hydrogens is 245 g/mol. The van der Waals surface area contributed by atoms with E-state index in [9.17, 15) is 4.39 Å². The summed E-state index contributed by atoms with van der Waals surface area (Å²) in [6.07, 6.45) is 0. The molecule has 0 fully saturated rings. The minimum atomic E-state index is -0.152. The van der Waals surface area contributed by atoms with Crippen molar-refractivity contribution < 1.29 is 4.39 Å². The monoisotopic (exact) mass is 261 g/mol. The second-order valence-corrected chi connectivity index (χ2v) is 5.06. The third kappa shape index (κ3) is 3.34. The van der Waals surface area contributed by atoms with Crippen LogP contribution in [0, 0.1) is 5.82 Å². The third-order valence-electron chi connectivity index (χ3n) is 2.75. The van der Waals surface area contributed by atoms with Crippen molar-refractivity contribution in [3.05, 3.63) is 71.0 Å². The standard InChI is InChI=1S/C15H16FNS/c16-15-13(9-17)7-4-8-14(15)11-18-10-12-5-2-1-3-6-12/h1-8H,9-11,17H2. The van der Waals surface area contributed by atoms with E-state index in [0.717, 1.165) is 11.3 Å². The van der Waals surface area contributed by atoms with Gasteiger partial charge in [0.15, 0.2) is 0 Å². The lowest BCUT2D eigenvalue weighted by Crippen LogP contribution is -2.02. The number of hydrogen-bond acceptors (Lipinski definition) is 2. The van der Waals surface area contributed by atoms with Crippen LogP contribution in [0.5, 0.6) is 0 Å². The molecule has 0 saturated heterocycles. The van der Waals surface area contributed by atoms with Gasteiger partial charge in [0, 0.05) is 23.6 Å². The smallest absolute Gasteiger partial charge is 0.131 e. The van der Waals surface area contributed by atoms with Gasteiger partial charge in [0.25, 0.3) is 0 Å². The molecule has 0 unspecified atom stereocenters. The molecular formula is C15H16FNS. The molecule has 0 radical (unpaired) electrons. The van der Waals surface area contributed by atoms with E-state index in [1.807, 2.05) is 30.3 Å². The number of hydrogen-bond donors (Lipinski definition) is 1. The summed E-state index contributed by atoms with van der Waals surface area (Å²) in [5, 5.41) is 0. The Balaban J connectivity index is 1.95. The first-order valence-electron chi connectivity index (χ1n) is 5.89. The van der Waals surface area contributed by atoms with E-state index in [1.54, 1.807) is 17.8 Å². The fourth-order valence-corrected chi connectivity index (χ4v) is 2.73. The molecule has 0 aliphatic rings. The Morgan fingerprint density at radius 2 is 1.61 bits per heavy atom. The Kier molecular flexibility index (Phi) is 4.79. The number of benzene rings is 2. The highest BCUT2D eigenvalue weighted by atomic mass is 32.2. The van der Waals surface area contributed by atoms with E-state index in [4.69, 9.17) is 5.73 Å². The van der Waals surface area contributed by atoms with Crippen molar-refractivity contribution in [3.63, 3.8) is 0 Å².